The van der Waals surface area contributed by atoms with Gasteiger partial charge in [0.25, 0.3) is 5.60 Å². The maximum absolute atomic E-state index is 12.7. The smallest absolute Gasteiger partial charge is 0.369 e. The Hall–Kier alpha value is -1.50. The van der Waals surface area contributed by atoms with Gasteiger partial charge in [-0.15, -0.1) is 0 Å². The number of hydrogen-bond donors (Lipinski definition) is 1. The van der Waals surface area contributed by atoms with E-state index in [2.05, 4.69) is 6.58 Å². The Balaban J connectivity index is 3.57. The van der Waals surface area contributed by atoms with Crippen molar-refractivity contribution in [3.8, 4) is 0 Å². The van der Waals surface area contributed by atoms with Gasteiger partial charge in [0.05, 0.1) is 0 Å². The van der Waals surface area contributed by atoms with Crippen LogP contribution >= 0.6 is 0 Å². The summed E-state index contributed by atoms with van der Waals surface area (Å²) in [7, 11) is 0. The lowest BCUT2D eigenvalue weighted by Gasteiger charge is -2.33. The molecule has 1 aromatic carbocycles. The lowest BCUT2D eigenvalue weighted by molar-refractivity contribution is -0.376. The van der Waals surface area contributed by atoms with Crippen LogP contribution in [0.3, 0.4) is 0 Å². The zero-order valence-electron chi connectivity index (χ0n) is 9.73. The van der Waals surface area contributed by atoms with Crippen LogP contribution in [-0.2, 0) is 5.60 Å². The van der Waals surface area contributed by atoms with E-state index in [4.69, 9.17) is 0 Å². The van der Waals surface area contributed by atoms with E-state index < -0.39 is 23.5 Å². The third-order valence-corrected chi connectivity index (χ3v) is 2.70. The topological polar surface area (TPSA) is 20.2 Å². The molecule has 7 heteroatoms. The molecule has 0 spiro atoms. The van der Waals surface area contributed by atoms with Crippen molar-refractivity contribution in [3.05, 3.63) is 41.5 Å². The fraction of sp³-hybridized carbons (Fsp3) is 0.333. The molecule has 0 unspecified atom stereocenters. The number of hydrogen-bond acceptors (Lipinski definition) is 1. The van der Waals surface area contributed by atoms with Crippen LogP contribution in [0.2, 0.25) is 0 Å². The molecule has 0 amide bonds. The van der Waals surface area contributed by atoms with Gasteiger partial charge in [-0.05, 0) is 18.1 Å². The summed E-state index contributed by atoms with van der Waals surface area (Å²) < 4.78 is 75.9. The number of halogens is 6. The van der Waals surface area contributed by atoms with Crippen LogP contribution in [0.5, 0.6) is 0 Å². The maximum Gasteiger partial charge on any atom is 0.430 e. The van der Waals surface area contributed by atoms with Crippen molar-refractivity contribution in [2.45, 2.75) is 24.9 Å². The zero-order valence-corrected chi connectivity index (χ0v) is 9.73. The minimum atomic E-state index is -5.87. The van der Waals surface area contributed by atoms with Crippen LogP contribution in [0.1, 0.15) is 16.7 Å². The van der Waals surface area contributed by atoms with Crippen LogP contribution in [-0.4, -0.2) is 17.5 Å². The average Bonchev–Trinajstić information content (AvgIpc) is 2.24. The molecule has 0 aliphatic carbocycles. The first kappa shape index (κ1) is 15.6. The van der Waals surface area contributed by atoms with E-state index >= 15 is 0 Å². The van der Waals surface area contributed by atoms with Gasteiger partial charge in [0.2, 0.25) is 0 Å². The van der Waals surface area contributed by atoms with E-state index in [1.165, 1.54) is 6.08 Å². The Morgan fingerprint density at radius 1 is 1.05 bits per heavy atom. The second-order valence-corrected chi connectivity index (χ2v) is 3.98. The van der Waals surface area contributed by atoms with Crippen molar-refractivity contribution in [1.82, 2.24) is 0 Å². The van der Waals surface area contributed by atoms with Gasteiger partial charge in [0.1, 0.15) is 0 Å². The predicted octanol–water partition coefficient (Wildman–Crippen LogP) is 3.95. The van der Waals surface area contributed by atoms with E-state index in [9.17, 15) is 31.4 Å². The molecule has 0 fully saturated rings. The fourth-order valence-corrected chi connectivity index (χ4v) is 1.69. The SMILES string of the molecule is C=Cc1ccc(C(O)(C(F)(F)F)C(F)(F)F)c(C)c1. The second-order valence-electron chi connectivity index (χ2n) is 3.98. The molecule has 106 valence electrons. The van der Waals surface area contributed by atoms with Crippen molar-refractivity contribution in [3.63, 3.8) is 0 Å². The van der Waals surface area contributed by atoms with Gasteiger partial charge in [-0.1, -0.05) is 30.9 Å². The predicted molar refractivity (Wildman–Crippen MR) is 57.3 cm³/mol. The Labute approximate surface area is 105 Å². The van der Waals surface area contributed by atoms with Crippen LogP contribution in [0.15, 0.2) is 24.8 Å². The molecule has 1 rings (SSSR count). The lowest BCUT2D eigenvalue weighted by Crippen LogP contribution is -2.54. The summed E-state index contributed by atoms with van der Waals surface area (Å²) in [6.45, 7) is 4.41. The summed E-state index contributed by atoms with van der Waals surface area (Å²) in [4.78, 5) is 0. The third kappa shape index (κ3) is 2.47. The van der Waals surface area contributed by atoms with E-state index in [0.29, 0.717) is 11.6 Å². The Morgan fingerprint density at radius 2 is 1.53 bits per heavy atom. The molecule has 1 nitrogen and oxygen atoms in total. The molecule has 0 saturated heterocycles. The highest BCUT2D eigenvalue weighted by Crippen LogP contribution is 2.50. The highest BCUT2D eigenvalue weighted by molar-refractivity contribution is 5.51. The van der Waals surface area contributed by atoms with Gasteiger partial charge in [0.15, 0.2) is 0 Å². The molecule has 0 bridgehead atoms. The molecule has 19 heavy (non-hydrogen) atoms. The minimum Gasteiger partial charge on any atom is -0.369 e. The van der Waals surface area contributed by atoms with Crippen molar-refractivity contribution >= 4 is 6.08 Å². The second kappa shape index (κ2) is 4.56. The van der Waals surface area contributed by atoms with Crippen LogP contribution in [0, 0.1) is 6.92 Å². The van der Waals surface area contributed by atoms with Gasteiger partial charge in [-0.3, -0.25) is 0 Å². The highest BCUT2D eigenvalue weighted by atomic mass is 19.4. The summed E-state index contributed by atoms with van der Waals surface area (Å²) in [6, 6.07) is 2.72. The highest BCUT2D eigenvalue weighted by Gasteiger charge is 2.71. The van der Waals surface area contributed by atoms with Gasteiger partial charge in [-0.2, -0.15) is 26.3 Å². The van der Waals surface area contributed by atoms with Crippen molar-refractivity contribution in [2.24, 2.45) is 0 Å². The zero-order chi connectivity index (χ0) is 15.1. The lowest BCUT2D eigenvalue weighted by atomic mass is 9.88. The molecule has 0 aromatic heterocycles. The molecule has 0 aliphatic heterocycles. The van der Waals surface area contributed by atoms with Crippen molar-refractivity contribution < 1.29 is 31.4 Å². The number of aryl methyl sites for hydroxylation is 1. The number of alkyl halides is 6. The molecule has 0 radical (unpaired) electrons. The van der Waals surface area contributed by atoms with Crippen molar-refractivity contribution in [1.29, 1.82) is 0 Å². The normalized spacial score (nSPS) is 13.5. The van der Waals surface area contributed by atoms with Crippen LogP contribution in [0.25, 0.3) is 6.08 Å². The first-order chi connectivity index (χ1) is 8.45. The third-order valence-electron chi connectivity index (χ3n) is 2.70. The summed E-state index contributed by atoms with van der Waals surface area (Å²) in [6.07, 6.45) is -10.5. The summed E-state index contributed by atoms with van der Waals surface area (Å²) in [5.41, 5.74) is -6.09. The summed E-state index contributed by atoms with van der Waals surface area (Å²) >= 11 is 0. The quantitative estimate of drug-likeness (QED) is 0.815. The van der Waals surface area contributed by atoms with Crippen molar-refractivity contribution in [2.75, 3.05) is 0 Å². The molecule has 1 aromatic rings. The van der Waals surface area contributed by atoms with Gasteiger partial charge >= 0.3 is 12.4 Å². The molecule has 0 saturated carbocycles. The van der Waals surface area contributed by atoms with Gasteiger partial charge < -0.3 is 5.11 Å². The first-order valence-electron chi connectivity index (χ1n) is 5.04. The van der Waals surface area contributed by atoms with E-state index in [-0.39, 0.29) is 5.56 Å². The van der Waals surface area contributed by atoms with E-state index in [0.717, 1.165) is 19.1 Å². The first-order valence-corrected chi connectivity index (χ1v) is 5.04. The molecular weight excluding hydrogens is 274 g/mol. The average molecular weight is 284 g/mol. The molecule has 0 heterocycles. The molecule has 0 aliphatic rings. The Morgan fingerprint density at radius 3 is 1.84 bits per heavy atom. The summed E-state index contributed by atoms with van der Waals surface area (Å²) in [5, 5.41) is 9.22. The molecule has 0 atom stereocenters. The standard InChI is InChI=1S/C12H10F6O/c1-3-8-4-5-9(7(2)6-8)10(19,11(13,14)15)12(16,17)18/h3-6,19H,1H2,2H3. The Kier molecular flexibility index (Phi) is 3.73. The maximum atomic E-state index is 12.7. The van der Waals surface area contributed by atoms with Crippen LogP contribution in [0.4, 0.5) is 26.3 Å². The monoisotopic (exact) mass is 284 g/mol. The Bertz CT molecular complexity index is 472. The molecule has 1 N–H and O–H groups in total. The van der Waals surface area contributed by atoms with Gasteiger partial charge in [0, 0.05) is 5.56 Å². The molecular formula is C12H10F6O. The number of rotatable bonds is 2. The largest absolute Gasteiger partial charge is 0.430 e. The van der Waals surface area contributed by atoms with Crippen LogP contribution < -0.4 is 0 Å². The number of benzene rings is 1. The van der Waals surface area contributed by atoms with Gasteiger partial charge in [-0.25, -0.2) is 0 Å². The van der Waals surface area contributed by atoms with E-state index in [1.54, 1.807) is 0 Å². The fourth-order valence-electron chi connectivity index (χ4n) is 1.69. The summed E-state index contributed by atoms with van der Waals surface area (Å²) in [5.74, 6) is 0. The number of aliphatic hydroxyl groups is 1. The van der Waals surface area contributed by atoms with E-state index in [1.807, 2.05) is 0 Å². The minimum absolute atomic E-state index is 0.324.